The average Bonchev–Trinajstić information content (AvgIpc) is 3.22. The molecule has 0 bridgehead atoms. The molecule has 10 heteroatoms. The Labute approximate surface area is 182 Å². The maximum atomic E-state index is 12.7. The molecule has 10 nitrogen and oxygen atoms in total. The van der Waals surface area contributed by atoms with Gasteiger partial charge in [-0.05, 0) is 30.3 Å². The van der Waals surface area contributed by atoms with Gasteiger partial charge < -0.3 is 24.1 Å². The lowest BCUT2D eigenvalue weighted by molar-refractivity contribution is -0.139. The van der Waals surface area contributed by atoms with Gasteiger partial charge in [0.05, 0.1) is 27.0 Å². The van der Waals surface area contributed by atoms with Gasteiger partial charge in [0.15, 0.2) is 23.8 Å². The number of ether oxygens (including phenoxy) is 4. The molecular weight excluding hydrogens is 420 g/mol. The van der Waals surface area contributed by atoms with Crippen molar-refractivity contribution >= 4 is 17.9 Å². The summed E-state index contributed by atoms with van der Waals surface area (Å²) in [6.07, 6.45) is 0. The molecule has 0 aliphatic rings. The third-order valence-electron chi connectivity index (χ3n) is 4.44. The minimum Gasteiger partial charge on any atom is -0.493 e. The number of aromatic nitrogens is 2. The zero-order valence-corrected chi connectivity index (χ0v) is 17.5. The molecule has 1 N–H and O–H groups in total. The minimum atomic E-state index is -1.14. The predicted molar refractivity (Wildman–Crippen MR) is 111 cm³/mol. The van der Waals surface area contributed by atoms with E-state index in [9.17, 15) is 14.4 Å². The molecule has 166 valence electrons. The maximum Gasteiger partial charge on any atom is 0.357 e. The van der Waals surface area contributed by atoms with Crippen molar-refractivity contribution in [3.8, 4) is 28.4 Å². The van der Waals surface area contributed by atoms with E-state index in [1.807, 2.05) is 0 Å². The lowest BCUT2D eigenvalue weighted by Gasteiger charge is -2.10. The van der Waals surface area contributed by atoms with Crippen LogP contribution in [0.25, 0.3) is 16.9 Å². The number of para-hydroxylation sites is 1. The second kappa shape index (κ2) is 9.65. The molecule has 1 heterocycles. The molecule has 3 aromatic rings. The van der Waals surface area contributed by atoms with Gasteiger partial charge in [0.2, 0.25) is 0 Å². The summed E-state index contributed by atoms with van der Waals surface area (Å²) in [4.78, 5) is 36.1. The summed E-state index contributed by atoms with van der Waals surface area (Å²) in [6, 6.07) is 13.3. The van der Waals surface area contributed by atoms with Crippen LogP contribution in [-0.2, 0) is 14.3 Å². The van der Waals surface area contributed by atoms with Gasteiger partial charge in [-0.3, -0.25) is 0 Å². The molecule has 0 saturated carbocycles. The van der Waals surface area contributed by atoms with Crippen molar-refractivity contribution in [3.05, 3.63) is 59.8 Å². The topological polar surface area (TPSA) is 126 Å². The summed E-state index contributed by atoms with van der Waals surface area (Å²) in [7, 11) is 3.77. The van der Waals surface area contributed by atoms with E-state index in [4.69, 9.17) is 24.1 Å². The van der Waals surface area contributed by atoms with E-state index in [1.54, 1.807) is 36.4 Å². The number of esters is 2. The second-order valence-corrected chi connectivity index (χ2v) is 6.35. The Balaban J connectivity index is 2.24. The fraction of sp³-hybridized carbons (Fsp3) is 0.182. The van der Waals surface area contributed by atoms with Crippen molar-refractivity contribution in [2.45, 2.75) is 0 Å². The molecular formula is C22H20N2O8. The summed E-state index contributed by atoms with van der Waals surface area (Å²) in [5, 5.41) is 13.3. The van der Waals surface area contributed by atoms with Crippen LogP contribution in [0.5, 0.6) is 11.5 Å². The molecule has 0 amide bonds. The van der Waals surface area contributed by atoms with Gasteiger partial charge >= 0.3 is 17.9 Å². The van der Waals surface area contributed by atoms with E-state index in [2.05, 4.69) is 5.10 Å². The van der Waals surface area contributed by atoms with E-state index in [-0.39, 0.29) is 28.5 Å². The molecule has 3 rings (SSSR count). The minimum absolute atomic E-state index is 0.0931. The lowest BCUT2D eigenvalue weighted by atomic mass is 10.0. The SMILES string of the molecule is COC(=O)c1c(-c2ccc(OCC(=O)O)c(OC)c2)nn(-c2ccccc2)c1C(=O)OC. The molecule has 0 spiro atoms. The smallest absolute Gasteiger partial charge is 0.357 e. The van der Waals surface area contributed by atoms with Crippen molar-refractivity contribution in [1.29, 1.82) is 0 Å². The van der Waals surface area contributed by atoms with Gasteiger partial charge in [0, 0.05) is 5.56 Å². The van der Waals surface area contributed by atoms with Crippen LogP contribution in [0.15, 0.2) is 48.5 Å². The number of carboxylic acid groups (broad SMARTS) is 1. The van der Waals surface area contributed by atoms with E-state index >= 15 is 0 Å². The van der Waals surface area contributed by atoms with Crippen LogP contribution in [0, 0.1) is 0 Å². The molecule has 1 aromatic heterocycles. The summed E-state index contributed by atoms with van der Waals surface area (Å²) < 4.78 is 21.6. The summed E-state index contributed by atoms with van der Waals surface area (Å²) >= 11 is 0. The molecule has 0 aliphatic heterocycles. The predicted octanol–water partition coefficient (Wildman–Crippen LogP) is 2.58. The van der Waals surface area contributed by atoms with Gasteiger partial charge in [-0.1, -0.05) is 18.2 Å². The molecule has 0 aliphatic carbocycles. The van der Waals surface area contributed by atoms with Gasteiger partial charge in [0.1, 0.15) is 11.3 Å². The fourth-order valence-electron chi connectivity index (χ4n) is 3.03. The van der Waals surface area contributed by atoms with Crippen LogP contribution >= 0.6 is 0 Å². The number of methoxy groups -OCH3 is 3. The number of carbonyl (C=O) groups excluding carboxylic acids is 2. The first-order valence-corrected chi connectivity index (χ1v) is 9.29. The molecule has 0 atom stereocenters. The van der Waals surface area contributed by atoms with Crippen molar-refractivity contribution < 1.29 is 38.4 Å². The summed E-state index contributed by atoms with van der Waals surface area (Å²) in [6.45, 7) is -0.557. The van der Waals surface area contributed by atoms with Crippen molar-refractivity contribution in [2.75, 3.05) is 27.9 Å². The first-order chi connectivity index (χ1) is 15.4. The highest BCUT2D eigenvalue weighted by Gasteiger charge is 2.31. The highest BCUT2D eigenvalue weighted by Crippen LogP contribution is 2.35. The number of nitrogens with zero attached hydrogens (tertiary/aromatic N) is 2. The summed E-state index contributed by atoms with van der Waals surface area (Å²) in [5.74, 6) is -2.30. The number of hydrogen-bond donors (Lipinski definition) is 1. The van der Waals surface area contributed by atoms with Crippen molar-refractivity contribution in [1.82, 2.24) is 9.78 Å². The summed E-state index contributed by atoms with van der Waals surface area (Å²) in [5.41, 5.74) is 0.877. The number of hydrogen-bond acceptors (Lipinski definition) is 8. The Hall–Kier alpha value is -4.34. The lowest BCUT2D eigenvalue weighted by Crippen LogP contribution is -2.15. The zero-order valence-electron chi connectivity index (χ0n) is 17.5. The standard InChI is InChI=1S/C22H20N2O8/c1-29-16-11-13(9-10-15(16)32-12-17(25)26)19-18(21(27)30-2)20(22(28)31-3)24(23-19)14-7-5-4-6-8-14/h4-11H,12H2,1-3H3,(H,25,26). The number of rotatable bonds is 8. The quantitative estimate of drug-likeness (QED) is 0.526. The van der Waals surface area contributed by atoms with Crippen LogP contribution in [0.4, 0.5) is 0 Å². The Bertz CT molecular complexity index is 1150. The van der Waals surface area contributed by atoms with Crippen molar-refractivity contribution in [2.24, 2.45) is 0 Å². The van der Waals surface area contributed by atoms with Gasteiger partial charge in [0.25, 0.3) is 0 Å². The first kappa shape index (κ1) is 22.3. The maximum absolute atomic E-state index is 12.7. The third kappa shape index (κ3) is 4.38. The van der Waals surface area contributed by atoms with Crippen LogP contribution < -0.4 is 9.47 Å². The number of carbonyl (C=O) groups is 3. The Kier molecular flexibility index (Phi) is 6.74. The molecule has 2 aromatic carbocycles. The van der Waals surface area contributed by atoms with E-state index in [0.717, 1.165) is 0 Å². The van der Waals surface area contributed by atoms with Crippen LogP contribution in [0.3, 0.4) is 0 Å². The largest absolute Gasteiger partial charge is 0.493 e. The van der Waals surface area contributed by atoms with Crippen LogP contribution in [0.2, 0.25) is 0 Å². The Morgan fingerprint density at radius 1 is 0.938 bits per heavy atom. The third-order valence-corrected chi connectivity index (χ3v) is 4.44. The van der Waals surface area contributed by atoms with Gasteiger partial charge in [-0.2, -0.15) is 5.10 Å². The van der Waals surface area contributed by atoms with E-state index in [0.29, 0.717) is 11.3 Å². The van der Waals surface area contributed by atoms with E-state index < -0.39 is 24.5 Å². The molecule has 0 saturated heterocycles. The van der Waals surface area contributed by atoms with Crippen LogP contribution in [0.1, 0.15) is 20.8 Å². The van der Waals surface area contributed by atoms with Crippen molar-refractivity contribution in [3.63, 3.8) is 0 Å². The number of aliphatic carboxylic acids is 1. The number of benzene rings is 2. The second-order valence-electron chi connectivity index (χ2n) is 6.35. The zero-order chi connectivity index (χ0) is 23.3. The Morgan fingerprint density at radius 3 is 2.22 bits per heavy atom. The fourth-order valence-corrected chi connectivity index (χ4v) is 3.03. The average molecular weight is 440 g/mol. The first-order valence-electron chi connectivity index (χ1n) is 9.29. The Morgan fingerprint density at radius 2 is 1.62 bits per heavy atom. The molecule has 0 radical (unpaired) electrons. The van der Waals surface area contributed by atoms with Gasteiger partial charge in [-0.15, -0.1) is 0 Å². The van der Waals surface area contributed by atoms with Gasteiger partial charge in [-0.25, -0.2) is 19.1 Å². The molecule has 0 unspecified atom stereocenters. The van der Waals surface area contributed by atoms with E-state index in [1.165, 1.54) is 38.1 Å². The normalized spacial score (nSPS) is 10.3. The number of carboxylic acids is 1. The molecule has 32 heavy (non-hydrogen) atoms. The van der Waals surface area contributed by atoms with Crippen LogP contribution in [-0.4, -0.2) is 60.7 Å². The molecule has 0 fully saturated rings. The highest BCUT2D eigenvalue weighted by molar-refractivity contribution is 6.06. The monoisotopic (exact) mass is 440 g/mol. The highest BCUT2D eigenvalue weighted by atomic mass is 16.5.